The predicted molar refractivity (Wildman–Crippen MR) is 136 cm³/mol. The van der Waals surface area contributed by atoms with Gasteiger partial charge in [0.1, 0.15) is 11.4 Å². The fraction of sp³-hybridized carbons (Fsp3) is 0.250. The van der Waals surface area contributed by atoms with Gasteiger partial charge in [0.05, 0.1) is 17.8 Å². The second kappa shape index (κ2) is 9.81. The molecule has 0 aliphatic carbocycles. The molecule has 4 aromatic rings. The fourth-order valence-corrected chi connectivity index (χ4v) is 4.72. The van der Waals surface area contributed by atoms with Crippen LogP contribution in [0.3, 0.4) is 0 Å². The second-order valence-corrected chi connectivity index (χ2v) is 9.26. The Balaban J connectivity index is 1.39. The Bertz CT molecular complexity index is 1390. The lowest BCUT2D eigenvalue weighted by molar-refractivity contribution is -0.121. The lowest BCUT2D eigenvalue weighted by Crippen LogP contribution is -2.44. The number of carbonyl (C=O) groups excluding carboxylic acids is 2. The summed E-state index contributed by atoms with van der Waals surface area (Å²) >= 11 is 0. The van der Waals surface area contributed by atoms with Crippen LogP contribution >= 0.6 is 0 Å². The summed E-state index contributed by atoms with van der Waals surface area (Å²) in [6, 6.07) is 15.6. The number of hydrogen-bond donors (Lipinski definition) is 1. The predicted octanol–water partition coefficient (Wildman–Crippen LogP) is 4.91. The Hall–Kier alpha value is -4.20. The largest absolute Gasteiger partial charge is 0.338 e. The van der Waals surface area contributed by atoms with Gasteiger partial charge in [-0.25, -0.2) is 9.07 Å². The molecule has 1 aliphatic rings. The molecule has 1 unspecified atom stereocenters. The van der Waals surface area contributed by atoms with E-state index in [1.807, 2.05) is 61.1 Å². The molecule has 184 valence electrons. The van der Waals surface area contributed by atoms with Crippen molar-refractivity contribution in [1.82, 2.24) is 19.2 Å². The summed E-state index contributed by atoms with van der Waals surface area (Å²) < 4.78 is 16.9. The maximum Gasteiger partial charge on any atom is 0.259 e. The van der Waals surface area contributed by atoms with Crippen LogP contribution < -0.4 is 5.32 Å². The van der Waals surface area contributed by atoms with Crippen molar-refractivity contribution in [3.63, 3.8) is 0 Å². The smallest absolute Gasteiger partial charge is 0.259 e. The normalized spacial score (nSPS) is 15.6. The summed E-state index contributed by atoms with van der Waals surface area (Å²) in [5.74, 6) is -0.338. The first-order valence-electron chi connectivity index (χ1n) is 12.1. The lowest BCUT2D eigenvalue weighted by atomic mass is 9.96. The lowest BCUT2D eigenvalue weighted by Gasteiger charge is -2.32. The van der Waals surface area contributed by atoms with Gasteiger partial charge in [0, 0.05) is 31.2 Å². The van der Waals surface area contributed by atoms with Crippen LogP contribution in [0.5, 0.6) is 0 Å². The number of aromatic nitrogens is 3. The highest BCUT2D eigenvalue weighted by Crippen LogP contribution is 2.26. The first-order chi connectivity index (χ1) is 17.4. The van der Waals surface area contributed by atoms with Gasteiger partial charge in [-0.1, -0.05) is 17.7 Å². The molecule has 1 aliphatic heterocycles. The SMILES string of the molecule is Cc1ccc(NC(=O)C2CCCN(C(=O)c3cnn(-c4ccc(F)cc4)c3-n3cccc3)C2)c(C)c1. The summed E-state index contributed by atoms with van der Waals surface area (Å²) in [4.78, 5) is 28.5. The van der Waals surface area contributed by atoms with Crippen molar-refractivity contribution in [2.75, 3.05) is 18.4 Å². The second-order valence-electron chi connectivity index (χ2n) is 9.26. The quantitative estimate of drug-likeness (QED) is 0.437. The maximum absolute atomic E-state index is 13.7. The van der Waals surface area contributed by atoms with E-state index in [1.54, 1.807) is 27.9 Å². The average molecular weight is 486 g/mol. The van der Waals surface area contributed by atoms with Gasteiger partial charge in [-0.05, 0) is 74.7 Å². The van der Waals surface area contributed by atoms with Gasteiger partial charge in [0.15, 0.2) is 5.82 Å². The summed E-state index contributed by atoms with van der Waals surface area (Å²) in [5, 5.41) is 7.50. The van der Waals surface area contributed by atoms with Crippen LogP contribution in [0.25, 0.3) is 11.5 Å². The summed E-state index contributed by atoms with van der Waals surface area (Å²) in [5.41, 5.74) is 4.01. The summed E-state index contributed by atoms with van der Waals surface area (Å²) in [6.45, 7) is 4.89. The zero-order valence-corrected chi connectivity index (χ0v) is 20.3. The number of piperidine rings is 1. The van der Waals surface area contributed by atoms with Crippen molar-refractivity contribution in [3.05, 3.63) is 95.7 Å². The molecule has 36 heavy (non-hydrogen) atoms. The maximum atomic E-state index is 13.7. The molecule has 2 amide bonds. The zero-order chi connectivity index (χ0) is 25.2. The number of nitrogens with one attached hydrogen (secondary N) is 1. The Labute approximate surface area is 209 Å². The number of aryl methyl sites for hydroxylation is 2. The Morgan fingerprint density at radius 1 is 1.06 bits per heavy atom. The molecule has 0 bridgehead atoms. The van der Waals surface area contributed by atoms with Crippen LogP contribution in [0.1, 0.15) is 34.3 Å². The zero-order valence-electron chi connectivity index (χ0n) is 20.3. The molecule has 2 aromatic carbocycles. The van der Waals surface area contributed by atoms with E-state index >= 15 is 0 Å². The molecule has 1 N–H and O–H groups in total. The summed E-state index contributed by atoms with van der Waals surface area (Å²) in [6.07, 6.45) is 6.68. The molecular formula is C28H28FN5O2. The Morgan fingerprint density at radius 3 is 2.53 bits per heavy atom. The monoisotopic (exact) mass is 485 g/mol. The number of nitrogens with zero attached hydrogens (tertiary/aromatic N) is 4. The molecule has 5 rings (SSSR count). The highest BCUT2D eigenvalue weighted by molar-refractivity contribution is 5.98. The minimum Gasteiger partial charge on any atom is -0.338 e. The topological polar surface area (TPSA) is 72.2 Å². The van der Waals surface area contributed by atoms with Gasteiger partial charge in [-0.15, -0.1) is 0 Å². The van der Waals surface area contributed by atoms with Crippen molar-refractivity contribution in [2.45, 2.75) is 26.7 Å². The molecule has 7 nitrogen and oxygen atoms in total. The van der Waals surface area contributed by atoms with Crippen LogP contribution in [0.4, 0.5) is 10.1 Å². The minimum absolute atomic E-state index is 0.0768. The molecule has 8 heteroatoms. The molecule has 1 fully saturated rings. The van der Waals surface area contributed by atoms with Crippen molar-refractivity contribution >= 4 is 17.5 Å². The fourth-order valence-electron chi connectivity index (χ4n) is 4.72. The molecule has 0 radical (unpaired) electrons. The number of carbonyl (C=O) groups is 2. The van der Waals surface area contributed by atoms with Gasteiger partial charge in [0.25, 0.3) is 5.91 Å². The molecule has 1 saturated heterocycles. The molecule has 0 spiro atoms. The molecule has 0 saturated carbocycles. The van der Waals surface area contributed by atoms with Crippen LogP contribution in [0.15, 0.2) is 73.2 Å². The van der Waals surface area contributed by atoms with Crippen molar-refractivity contribution in [1.29, 1.82) is 0 Å². The van der Waals surface area contributed by atoms with E-state index in [-0.39, 0.29) is 23.5 Å². The van der Waals surface area contributed by atoms with Crippen LogP contribution in [-0.2, 0) is 4.79 Å². The van der Waals surface area contributed by atoms with E-state index in [2.05, 4.69) is 10.4 Å². The number of anilines is 1. The Morgan fingerprint density at radius 2 is 1.81 bits per heavy atom. The first-order valence-corrected chi connectivity index (χ1v) is 12.1. The number of benzene rings is 2. The standard InChI is InChI=1S/C28H28FN5O2/c1-19-7-12-25(20(2)16-19)31-26(35)21-6-5-15-33(18-21)28(36)24-17-30-34(23-10-8-22(29)9-11-23)27(24)32-13-3-4-14-32/h3-4,7-14,16-17,21H,5-6,15,18H2,1-2H3,(H,31,35). The van der Waals surface area contributed by atoms with Crippen molar-refractivity contribution in [2.24, 2.45) is 5.92 Å². The third-order valence-corrected chi connectivity index (χ3v) is 6.61. The van der Waals surface area contributed by atoms with Crippen molar-refractivity contribution < 1.29 is 14.0 Å². The van der Waals surface area contributed by atoms with Crippen LogP contribution in [0, 0.1) is 25.6 Å². The highest BCUT2D eigenvalue weighted by Gasteiger charge is 2.31. The van der Waals surface area contributed by atoms with E-state index in [1.165, 1.54) is 12.1 Å². The Kier molecular flexibility index (Phi) is 6.41. The van der Waals surface area contributed by atoms with Crippen molar-refractivity contribution in [3.8, 4) is 11.5 Å². The van der Waals surface area contributed by atoms with Gasteiger partial charge in [-0.2, -0.15) is 5.10 Å². The van der Waals surface area contributed by atoms with Gasteiger partial charge >= 0.3 is 0 Å². The minimum atomic E-state index is -0.344. The van der Waals surface area contributed by atoms with Crippen LogP contribution in [-0.4, -0.2) is 44.2 Å². The first kappa shape index (κ1) is 23.5. The number of likely N-dealkylation sites (tertiary alicyclic amines) is 1. The van der Waals surface area contributed by atoms with Gasteiger partial charge < -0.3 is 14.8 Å². The number of halogens is 1. The third kappa shape index (κ3) is 4.66. The molecule has 2 aromatic heterocycles. The average Bonchev–Trinajstić information content (AvgIpc) is 3.56. The summed E-state index contributed by atoms with van der Waals surface area (Å²) in [7, 11) is 0. The molecular weight excluding hydrogens is 457 g/mol. The van der Waals surface area contributed by atoms with E-state index in [9.17, 15) is 14.0 Å². The third-order valence-electron chi connectivity index (χ3n) is 6.61. The van der Waals surface area contributed by atoms with Gasteiger partial charge in [0.2, 0.25) is 5.91 Å². The molecule has 3 heterocycles. The molecule has 1 atom stereocenters. The van der Waals surface area contributed by atoms with Crippen LogP contribution in [0.2, 0.25) is 0 Å². The highest BCUT2D eigenvalue weighted by atomic mass is 19.1. The van der Waals surface area contributed by atoms with Gasteiger partial charge in [-0.3, -0.25) is 9.59 Å². The van der Waals surface area contributed by atoms with E-state index < -0.39 is 0 Å². The van der Waals surface area contributed by atoms with E-state index in [0.29, 0.717) is 30.2 Å². The number of amides is 2. The van der Waals surface area contributed by atoms with E-state index in [4.69, 9.17) is 0 Å². The number of hydrogen-bond acceptors (Lipinski definition) is 3. The van der Waals surface area contributed by atoms with E-state index in [0.717, 1.165) is 29.7 Å². The number of rotatable bonds is 5.